The molecule has 0 saturated carbocycles. The van der Waals surface area contributed by atoms with Gasteiger partial charge in [-0.25, -0.2) is 0 Å². The molecule has 0 spiro atoms. The van der Waals surface area contributed by atoms with Crippen molar-refractivity contribution in [3.8, 4) is 12.1 Å². The number of allylic oxidation sites excluding steroid dienone is 1. The van der Waals surface area contributed by atoms with Crippen molar-refractivity contribution in [2.45, 2.75) is 0 Å². The number of rotatable bonds is 0. The highest BCUT2D eigenvalue weighted by molar-refractivity contribution is 5.37. The Bertz CT molecular complexity index is 314. The van der Waals surface area contributed by atoms with Crippen molar-refractivity contribution >= 4 is 0 Å². The van der Waals surface area contributed by atoms with Crippen LogP contribution in [0.25, 0.3) is 9.69 Å². The van der Waals surface area contributed by atoms with Crippen molar-refractivity contribution in [2.24, 2.45) is 0 Å². The van der Waals surface area contributed by atoms with Gasteiger partial charge in [0.15, 0.2) is 5.57 Å². The summed E-state index contributed by atoms with van der Waals surface area (Å²) in [5, 5.41) is 16.3. The van der Waals surface area contributed by atoms with Gasteiger partial charge >= 0.3 is 5.82 Å². The first kappa shape index (κ1) is 8.48. The molecule has 0 atom stereocenters. The summed E-state index contributed by atoms with van der Waals surface area (Å²) >= 11 is 0. The highest BCUT2D eigenvalue weighted by Gasteiger charge is 2.00. The largest absolute Gasteiger partial charge is 0.568 e. The Labute approximate surface area is 63.5 Å². The molecule has 0 heterocycles. The van der Waals surface area contributed by atoms with Crippen LogP contribution in [0.2, 0.25) is 0 Å². The van der Waals surface area contributed by atoms with Crippen LogP contribution in [0, 0.1) is 35.8 Å². The zero-order valence-corrected chi connectivity index (χ0v) is 5.29. The molecule has 0 aromatic carbocycles. The normalized spacial score (nSPS) is 5.45. The van der Waals surface area contributed by atoms with Crippen LogP contribution in [-0.2, 0) is 0 Å². The summed E-state index contributed by atoms with van der Waals surface area (Å²) in [5.41, 5.74) is 1.70. The fourth-order valence-electron chi connectivity index (χ4n) is 0.274. The summed E-state index contributed by atoms with van der Waals surface area (Å²) in [7, 11) is 0. The van der Waals surface area contributed by atoms with E-state index in [-0.39, 0.29) is 5.57 Å². The second kappa shape index (κ2) is 4.37. The van der Waals surface area contributed by atoms with Gasteiger partial charge in [-0.05, 0) is 5.73 Å². The molecule has 0 fully saturated rings. The summed E-state index contributed by atoms with van der Waals surface area (Å²) in [4.78, 5) is 5.44. The molecule has 0 rings (SSSR count). The van der Waals surface area contributed by atoms with Crippen LogP contribution < -0.4 is 0 Å². The topological polar surface area (TPSA) is 56.3 Å². The molecule has 0 saturated heterocycles. The quantitative estimate of drug-likeness (QED) is 0.288. The molecule has 0 amide bonds. The predicted molar refractivity (Wildman–Crippen MR) is 35.0 cm³/mol. The lowest BCUT2D eigenvalue weighted by molar-refractivity contribution is 1.46. The molecule has 11 heavy (non-hydrogen) atoms. The first-order valence-electron chi connectivity index (χ1n) is 2.34. The second-order valence-corrected chi connectivity index (χ2v) is 1.27. The molecule has 0 aromatic rings. The Morgan fingerprint density at radius 2 is 1.55 bits per heavy atom. The van der Waals surface area contributed by atoms with Crippen molar-refractivity contribution < 1.29 is 0 Å². The zero-order valence-electron chi connectivity index (χ0n) is 5.29. The number of hydrogen-bond acceptors (Lipinski definition) is 2. The van der Waals surface area contributed by atoms with Crippen LogP contribution in [0.3, 0.4) is 0 Å². The van der Waals surface area contributed by atoms with Crippen molar-refractivity contribution in [1.29, 1.82) is 10.5 Å². The lowest BCUT2D eigenvalue weighted by Gasteiger charge is -1.65. The number of nitrogens with zero attached hydrogens (tertiary/aromatic N) is 4. The second-order valence-electron chi connectivity index (χ2n) is 1.27. The Morgan fingerprint density at radius 3 is 1.82 bits per heavy atom. The first-order chi connectivity index (χ1) is 5.28. The smallest absolute Gasteiger partial charge is 0.191 e. The molecule has 0 aromatic heterocycles. The molecule has 0 aliphatic rings. The molecule has 0 aliphatic carbocycles. The first-order valence-corrected chi connectivity index (χ1v) is 2.34. The standard InChI is InChI=1S/C7N4/c1-10-7(11-2)3-6(4-8)5-9. The average Bonchev–Trinajstić information content (AvgIpc) is 2.07. The van der Waals surface area contributed by atoms with Crippen LogP contribution in [0.1, 0.15) is 0 Å². The van der Waals surface area contributed by atoms with E-state index in [4.69, 9.17) is 23.7 Å². The zero-order chi connectivity index (χ0) is 8.69. The van der Waals surface area contributed by atoms with Gasteiger partial charge < -0.3 is 0 Å². The van der Waals surface area contributed by atoms with E-state index >= 15 is 0 Å². The Hall–Kier alpha value is -2.52. The molecule has 0 radical (unpaired) electrons. The van der Waals surface area contributed by atoms with E-state index in [1.807, 2.05) is 0 Å². The molecular formula is C7N4. The Kier molecular flexibility index (Phi) is 3.37. The van der Waals surface area contributed by atoms with Crippen molar-refractivity contribution in [2.75, 3.05) is 0 Å². The number of hydrogen-bond donors (Lipinski definition) is 0. The van der Waals surface area contributed by atoms with Gasteiger partial charge in [0.1, 0.15) is 25.3 Å². The van der Waals surface area contributed by atoms with Gasteiger partial charge in [-0.15, -0.1) is 9.69 Å². The Balaban J connectivity index is 5.31. The molecule has 48 valence electrons. The minimum absolute atomic E-state index is 0.355. The van der Waals surface area contributed by atoms with Crippen LogP contribution >= 0.6 is 0 Å². The number of nitriles is 2. The molecule has 0 N–H and O–H groups in total. The van der Waals surface area contributed by atoms with Gasteiger partial charge in [-0.2, -0.15) is 10.5 Å². The van der Waals surface area contributed by atoms with E-state index in [1.54, 1.807) is 0 Å². The Morgan fingerprint density at radius 1 is 1.09 bits per heavy atom. The molecule has 0 unspecified atom stereocenters. The summed E-state index contributed by atoms with van der Waals surface area (Å²) < 4.78 is 0. The van der Waals surface area contributed by atoms with E-state index < -0.39 is 5.82 Å². The average molecular weight is 140 g/mol. The molecule has 0 aliphatic heterocycles. The maximum Gasteiger partial charge on any atom is 0.568 e. The lowest BCUT2D eigenvalue weighted by atomic mass is 10.3. The van der Waals surface area contributed by atoms with Gasteiger partial charge in [0.2, 0.25) is 0 Å². The van der Waals surface area contributed by atoms with Gasteiger partial charge in [0.05, 0.1) is 0 Å². The van der Waals surface area contributed by atoms with Crippen LogP contribution in [-0.4, -0.2) is 0 Å². The minimum atomic E-state index is -0.400. The van der Waals surface area contributed by atoms with Gasteiger partial charge in [-0.3, -0.25) is 0 Å². The predicted octanol–water partition coefficient (Wildman–Crippen LogP) is 1.24. The van der Waals surface area contributed by atoms with Gasteiger partial charge in [0, 0.05) is 0 Å². The minimum Gasteiger partial charge on any atom is -0.191 e. The highest BCUT2D eigenvalue weighted by Crippen LogP contribution is 1.96. The third-order valence-electron chi connectivity index (χ3n) is 0.672. The van der Waals surface area contributed by atoms with Crippen LogP contribution in [0.5, 0.6) is 0 Å². The van der Waals surface area contributed by atoms with Crippen LogP contribution in [0.4, 0.5) is 0 Å². The molecular weight excluding hydrogens is 140 g/mol. The van der Waals surface area contributed by atoms with E-state index in [0.717, 1.165) is 0 Å². The highest BCUT2D eigenvalue weighted by atomic mass is 14.9. The maximum absolute atomic E-state index is 8.17. The molecule has 4 nitrogen and oxygen atoms in total. The van der Waals surface area contributed by atoms with Crippen molar-refractivity contribution in [1.82, 2.24) is 0 Å². The van der Waals surface area contributed by atoms with Crippen molar-refractivity contribution in [3.63, 3.8) is 0 Å². The van der Waals surface area contributed by atoms with E-state index in [9.17, 15) is 0 Å². The third-order valence-corrected chi connectivity index (χ3v) is 0.672. The fraction of sp³-hybridized carbons (Fsp3) is 0. The monoisotopic (exact) mass is 140 g/mol. The fourth-order valence-corrected chi connectivity index (χ4v) is 0.274. The van der Waals surface area contributed by atoms with Crippen LogP contribution in [0.15, 0.2) is 17.1 Å². The summed E-state index contributed by atoms with van der Waals surface area (Å²) in [5.74, 6) is -0.400. The van der Waals surface area contributed by atoms with Crippen molar-refractivity contribution in [3.05, 3.63) is 40.0 Å². The summed E-state index contributed by atoms with van der Waals surface area (Å²) in [6.45, 7) is 12.8. The van der Waals surface area contributed by atoms with E-state index in [0.29, 0.717) is 0 Å². The molecule has 0 bridgehead atoms. The third kappa shape index (κ3) is 2.50. The lowest BCUT2D eigenvalue weighted by Crippen LogP contribution is -1.66. The molecule has 4 heteroatoms. The maximum atomic E-state index is 8.17. The van der Waals surface area contributed by atoms with Gasteiger partial charge in [0.25, 0.3) is 0 Å². The SMILES string of the molecule is [C-]#[N+]C(=C=C(C#N)C#N)[N+]#[C-]. The van der Waals surface area contributed by atoms with Gasteiger partial charge in [-0.1, -0.05) is 0 Å². The van der Waals surface area contributed by atoms with E-state index in [2.05, 4.69) is 15.4 Å². The van der Waals surface area contributed by atoms with E-state index in [1.165, 1.54) is 12.1 Å². The summed E-state index contributed by atoms with van der Waals surface area (Å²) in [6, 6.07) is 2.98. The summed E-state index contributed by atoms with van der Waals surface area (Å²) in [6.07, 6.45) is 0.